The molecule has 0 bridgehead atoms. The average molecular weight is 323 g/mol. The fourth-order valence-electron chi connectivity index (χ4n) is 0.614. The number of ether oxygens (including phenoxy) is 1. The van der Waals surface area contributed by atoms with Crippen LogP contribution in [-0.2, 0) is 0 Å². The van der Waals surface area contributed by atoms with E-state index < -0.39 is 12.2 Å². The molecule has 1 aromatic heterocycles. The van der Waals surface area contributed by atoms with Crippen LogP contribution in [0.25, 0.3) is 0 Å². The number of rotatable bonds is 1. The second-order valence-electron chi connectivity index (χ2n) is 1.99. The van der Waals surface area contributed by atoms with Gasteiger partial charge >= 0.3 is 6.36 Å². The van der Waals surface area contributed by atoms with Gasteiger partial charge in [0, 0.05) is 9.64 Å². The molecule has 0 amide bonds. The van der Waals surface area contributed by atoms with Crippen molar-refractivity contribution < 1.29 is 17.9 Å². The molecule has 0 fully saturated rings. The molecule has 0 atom stereocenters. The molecule has 1 heterocycles. The number of pyridine rings is 1. The normalized spacial score (nSPS) is 11.5. The first-order chi connectivity index (χ1) is 5.87. The standard InChI is InChI=1S/C6H2ClF3INO/c7-4-1-3(11)2-5(12-4)13-6(8,9)10/h1-2H. The van der Waals surface area contributed by atoms with Crippen LogP contribution in [0.4, 0.5) is 13.2 Å². The van der Waals surface area contributed by atoms with E-state index in [9.17, 15) is 13.2 Å². The van der Waals surface area contributed by atoms with E-state index >= 15 is 0 Å². The van der Waals surface area contributed by atoms with Crippen LogP contribution in [0.1, 0.15) is 0 Å². The quantitative estimate of drug-likeness (QED) is 0.585. The molecular formula is C6H2ClF3INO. The van der Waals surface area contributed by atoms with Crippen LogP contribution in [0.15, 0.2) is 12.1 Å². The smallest absolute Gasteiger partial charge is 0.388 e. The Hall–Kier alpha value is -0.240. The second-order valence-corrected chi connectivity index (χ2v) is 3.63. The zero-order valence-electron chi connectivity index (χ0n) is 5.90. The van der Waals surface area contributed by atoms with Gasteiger partial charge < -0.3 is 4.74 Å². The zero-order valence-corrected chi connectivity index (χ0v) is 8.81. The van der Waals surface area contributed by atoms with Crippen LogP contribution in [-0.4, -0.2) is 11.3 Å². The Balaban J connectivity index is 2.90. The highest BCUT2D eigenvalue weighted by Crippen LogP contribution is 2.24. The van der Waals surface area contributed by atoms with Crippen LogP contribution < -0.4 is 4.74 Å². The van der Waals surface area contributed by atoms with Crippen LogP contribution in [0.3, 0.4) is 0 Å². The molecule has 0 saturated heterocycles. The lowest BCUT2D eigenvalue weighted by Crippen LogP contribution is -2.18. The van der Waals surface area contributed by atoms with Gasteiger partial charge in [0.1, 0.15) is 5.15 Å². The Kier molecular flexibility index (Phi) is 3.23. The fraction of sp³-hybridized carbons (Fsp3) is 0.167. The van der Waals surface area contributed by atoms with E-state index in [0.29, 0.717) is 3.57 Å². The van der Waals surface area contributed by atoms with E-state index in [-0.39, 0.29) is 5.15 Å². The minimum absolute atomic E-state index is 0.0360. The molecule has 1 rings (SSSR count). The number of halogens is 5. The number of alkyl halides is 3. The predicted molar refractivity (Wildman–Crippen MR) is 48.6 cm³/mol. The van der Waals surface area contributed by atoms with Crippen molar-refractivity contribution in [1.82, 2.24) is 4.98 Å². The maximum Gasteiger partial charge on any atom is 0.574 e. The molecule has 0 aliphatic carbocycles. The van der Waals surface area contributed by atoms with Crippen molar-refractivity contribution in [3.63, 3.8) is 0 Å². The van der Waals surface area contributed by atoms with Crippen molar-refractivity contribution in [1.29, 1.82) is 0 Å². The van der Waals surface area contributed by atoms with Gasteiger partial charge in [-0.2, -0.15) is 0 Å². The van der Waals surface area contributed by atoms with Gasteiger partial charge in [-0.1, -0.05) is 11.6 Å². The minimum Gasteiger partial charge on any atom is -0.388 e. The summed E-state index contributed by atoms with van der Waals surface area (Å²) in [6, 6.07) is 2.56. The van der Waals surface area contributed by atoms with Gasteiger partial charge in [0.05, 0.1) is 0 Å². The first-order valence-corrected chi connectivity index (χ1v) is 4.41. The molecule has 1 aromatic rings. The minimum atomic E-state index is -4.74. The van der Waals surface area contributed by atoms with Gasteiger partial charge in [-0.3, -0.25) is 0 Å². The Labute approximate surface area is 90.2 Å². The summed E-state index contributed by atoms with van der Waals surface area (Å²) >= 11 is 7.23. The number of hydrogen-bond acceptors (Lipinski definition) is 2. The summed E-state index contributed by atoms with van der Waals surface area (Å²) in [5.74, 6) is -0.551. The first kappa shape index (κ1) is 10.8. The number of hydrogen-bond donors (Lipinski definition) is 0. The van der Waals surface area contributed by atoms with E-state index in [2.05, 4.69) is 9.72 Å². The third-order valence-electron chi connectivity index (χ3n) is 0.956. The Morgan fingerprint density at radius 1 is 1.38 bits per heavy atom. The summed E-state index contributed by atoms with van der Waals surface area (Å²) in [5, 5.41) is -0.0360. The highest BCUT2D eigenvalue weighted by atomic mass is 127. The van der Waals surface area contributed by atoms with E-state index in [4.69, 9.17) is 11.6 Å². The summed E-state index contributed by atoms with van der Waals surface area (Å²) in [7, 11) is 0. The van der Waals surface area contributed by atoms with Gasteiger partial charge in [0.2, 0.25) is 5.88 Å². The molecule has 7 heteroatoms. The topological polar surface area (TPSA) is 22.1 Å². The largest absolute Gasteiger partial charge is 0.574 e. The van der Waals surface area contributed by atoms with Crippen LogP contribution >= 0.6 is 34.2 Å². The Morgan fingerprint density at radius 3 is 2.46 bits per heavy atom. The fourth-order valence-corrected chi connectivity index (χ4v) is 1.56. The first-order valence-electron chi connectivity index (χ1n) is 2.96. The van der Waals surface area contributed by atoms with Crippen molar-refractivity contribution in [2.75, 3.05) is 0 Å². The maximum atomic E-state index is 11.7. The molecule has 2 nitrogen and oxygen atoms in total. The van der Waals surface area contributed by atoms with Crippen molar-refractivity contribution in [3.8, 4) is 5.88 Å². The maximum absolute atomic E-state index is 11.7. The van der Waals surface area contributed by atoms with Crippen molar-refractivity contribution in [2.45, 2.75) is 6.36 Å². The highest BCUT2D eigenvalue weighted by Gasteiger charge is 2.31. The van der Waals surface area contributed by atoms with Gasteiger partial charge in [-0.25, -0.2) is 4.98 Å². The molecular weight excluding hydrogens is 321 g/mol. The van der Waals surface area contributed by atoms with Crippen LogP contribution in [0.5, 0.6) is 5.88 Å². The Bertz CT molecular complexity index is 297. The van der Waals surface area contributed by atoms with Gasteiger partial charge in [-0.15, -0.1) is 13.2 Å². The van der Waals surface area contributed by atoms with E-state index in [1.165, 1.54) is 6.07 Å². The lowest BCUT2D eigenvalue weighted by atomic mass is 10.5. The van der Waals surface area contributed by atoms with Gasteiger partial charge in [-0.05, 0) is 28.7 Å². The van der Waals surface area contributed by atoms with Gasteiger partial charge in [0.15, 0.2) is 0 Å². The van der Waals surface area contributed by atoms with Crippen molar-refractivity contribution in [3.05, 3.63) is 20.9 Å². The summed E-state index contributed by atoms with van der Waals surface area (Å²) in [4.78, 5) is 3.34. The molecule has 0 radical (unpaired) electrons. The molecule has 0 spiro atoms. The molecule has 0 saturated carbocycles. The van der Waals surface area contributed by atoms with E-state index in [1.807, 2.05) is 22.6 Å². The average Bonchev–Trinajstić information content (AvgIpc) is 1.78. The summed E-state index contributed by atoms with van der Waals surface area (Å²) < 4.78 is 39.2. The summed E-state index contributed by atoms with van der Waals surface area (Å²) in [6.45, 7) is 0. The molecule has 0 unspecified atom stereocenters. The molecule has 0 aliphatic rings. The summed E-state index contributed by atoms with van der Waals surface area (Å²) in [5.41, 5.74) is 0. The third-order valence-corrected chi connectivity index (χ3v) is 1.77. The lowest BCUT2D eigenvalue weighted by molar-refractivity contribution is -0.276. The third kappa shape index (κ3) is 3.99. The number of nitrogens with zero attached hydrogens (tertiary/aromatic N) is 1. The molecule has 0 aliphatic heterocycles. The Morgan fingerprint density at radius 2 is 2.00 bits per heavy atom. The van der Waals surface area contributed by atoms with Gasteiger partial charge in [0.25, 0.3) is 0 Å². The van der Waals surface area contributed by atoms with E-state index in [1.54, 1.807) is 0 Å². The van der Waals surface area contributed by atoms with Crippen molar-refractivity contribution >= 4 is 34.2 Å². The lowest BCUT2D eigenvalue weighted by Gasteiger charge is -2.07. The van der Waals surface area contributed by atoms with Crippen LogP contribution in [0, 0.1) is 3.57 Å². The predicted octanol–water partition coefficient (Wildman–Crippen LogP) is 3.24. The van der Waals surface area contributed by atoms with E-state index in [0.717, 1.165) is 6.07 Å². The van der Waals surface area contributed by atoms with Crippen molar-refractivity contribution in [2.24, 2.45) is 0 Å². The highest BCUT2D eigenvalue weighted by molar-refractivity contribution is 14.1. The SMILES string of the molecule is FC(F)(F)Oc1cc(I)cc(Cl)n1. The monoisotopic (exact) mass is 323 g/mol. The molecule has 13 heavy (non-hydrogen) atoms. The zero-order chi connectivity index (χ0) is 10.1. The molecule has 72 valence electrons. The number of aromatic nitrogens is 1. The molecule has 0 N–H and O–H groups in total. The molecule has 0 aromatic carbocycles. The second kappa shape index (κ2) is 3.87. The van der Waals surface area contributed by atoms with Crippen LogP contribution in [0.2, 0.25) is 5.15 Å². The summed E-state index contributed by atoms with van der Waals surface area (Å²) in [6.07, 6.45) is -4.74.